The molecule has 2 atom stereocenters. The van der Waals surface area contributed by atoms with Crippen LogP contribution in [0.3, 0.4) is 0 Å². The Labute approximate surface area is 102 Å². The summed E-state index contributed by atoms with van der Waals surface area (Å²) >= 11 is 0. The van der Waals surface area contributed by atoms with Crippen LogP contribution in [0.15, 0.2) is 12.5 Å². The van der Waals surface area contributed by atoms with Crippen molar-refractivity contribution < 1.29 is 4.79 Å². The van der Waals surface area contributed by atoms with Gasteiger partial charge in [-0.2, -0.15) is 0 Å². The maximum Gasteiger partial charge on any atom is 0.221 e. The number of carbonyl (C=O) groups excluding carboxylic acids is 1. The number of carbonyl (C=O) groups is 1. The van der Waals surface area contributed by atoms with Crippen LogP contribution in [-0.2, 0) is 11.3 Å². The van der Waals surface area contributed by atoms with Gasteiger partial charge in [0.2, 0.25) is 5.91 Å². The molecule has 1 heterocycles. The van der Waals surface area contributed by atoms with Gasteiger partial charge in [-0.15, -0.1) is 0 Å². The van der Waals surface area contributed by atoms with E-state index in [0.717, 1.165) is 12.1 Å². The van der Waals surface area contributed by atoms with Crippen molar-refractivity contribution in [2.75, 3.05) is 0 Å². The van der Waals surface area contributed by atoms with Crippen molar-refractivity contribution in [3.8, 4) is 0 Å². The molecule has 17 heavy (non-hydrogen) atoms. The van der Waals surface area contributed by atoms with E-state index in [9.17, 15) is 4.79 Å². The number of aromatic nitrogens is 2. The first-order valence-corrected chi connectivity index (χ1v) is 6.09. The molecular formula is C12H22N4O. The molecule has 1 rings (SSSR count). The Bertz CT molecular complexity index is 359. The molecule has 0 spiro atoms. The fourth-order valence-electron chi connectivity index (χ4n) is 1.57. The summed E-state index contributed by atoms with van der Waals surface area (Å²) in [5.41, 5.74) is 6.77. The molecule has 0 saturated carbocycles. The van der Waals surface area contributed by atoms with Crippen LogP contribution in [0.25, 0.3) is 0 Å². The van der Waals surface area contributed by atoms with Gasteiger partial charge in [-0.25, -0.2) is 4.98 Å². The van der Waals surface area contributed by atoms with Crippen molar-refractivity contribution >= 4 is 5.91 Å². The van der Waals surface area contributed by atoms with Crippen LogP contribution in [0, 0.1) is 0 Å². The molecule has 1 aromatic heterocycles. The first-order valence-electron chi connectivity index (χ1n) is 6.09. The van der Waals surface area contributed by atoms with Crippen LogP contribution < -0.4 is 11.1 Å². The number of aryl methyl sites for hydroxylation is 1. The molecule has 5 nitrogen and oxygen atoms in total. The van der Waals surface area contributed by atoms with Crippen LogP contribution in [0.1, 0.15) is 45.3 Å². The summed E-state index contributed by atoms with van der Waals surface area (Å²) < 4.78 is 1.93. The lowest BCUT2D eigenvalue weighted by Crippen LogP contribution is -2.32. The van der Waals surface area contributed by atoms with Crippen LogP contribution in [0.5, 0.6) is 0 Å². The predicted octanol–water partition coefficient (Wildman–Crippen LogP) is 1.21. The van der Waals surface area contributed by atoms with Gasteiger partial charge in [0.25, 0.3) is 0 Å². The highest BCUT2D eigenvalue weighted by Gasteiger charge is 2.09. The van der Waals surface area contributed by atoms with E-state index in [1.807, 2.05) is 18.4 Å². The minimum Gasteiger partial charge on any atom is -0.354 e. The normalized spacial score (nSPS) is 14.4. The summed E-state index contributed by atoms with van der Waals surface area (Å²) in [6.45, 7) is 6.59. The standard InChI is InChI=1S/C12H22N4O/c1-4-9(2)15-12(17)5-6-16-8-14-7-11(16)10(3)13/h7-10H,4-6,13H2,1-3H3,(H,15,17)/t9?,10-/m1/s1. The SMILES string of the molecule is CCC(C)NC(=O)CCn1cncc1[C@@H](C)N. The maximum atomic E-state index is 11.6. The lowest BCUT2D eigenvalue weighted by atomic mass is 10.2. The number of nitrogens with one attached hydrogen (secondary N) is 1. The lowest BCUT2D eigenvalue weighted by molar-refractivity contribution is -0.121. The number of rotatable bonds is 6. The molecular weight excluding hydrogens is 216 g/mol. The van der Waals surface area contributed by atoms with E-state index < -0.39 is 0 Å². The minimum absolute atomic E-state index is 0.0601. The van der Waals surface area contributed by atoms with Crippen LogP contribution in [-0.4, -0.2) is 21.5 Å². The summed E-state index contributed by atoms with van der Waals surface area (Å²) in [5, 5.41) is 2.94. The van der Waals surface area contributed by atoms with Gasteiger partial charge in [0, 0.05) is 31.2 Å². The van der Waals surface area contributed by atoms with E-state index in [0.29, 0.717) is 13.0 Å². The molecule has 1 amide bonds. The Kier molecular flexibility index (Phi) is 5.15. The molecule has 5 heteroatoms. The molecule has 0 aromatic carbocycles. The van der Waals surface area contributed by atoms with Gasteiger partial charge in [-0.05, 0) is 20.3 Å². The van der Waals surface area contributed by atoms with E-state index in [1.165, 1.54) is 0 Å². The summed E-state index contributed by atoms with van der Waals surface area (Å²) in [4.78, 5) is 15.7. The van der Waals surface area contributed by atoms with E-state index in [4.69, 9.17) is 5.73 Å². The average molecular weight is 238 g/mol. The van der Waals surface area contributed by atoms with Crippen molar-refractivity contribution in [2.24, 2.45) is 5.73 Å². The summed E-state index contributed by atoms with van der Waals surface area (Å²) in [6.07, 6.45) is 4.87. The molecule has 0 aliphatic carbocycles. The Morgan fingerprint density at radius 1 is 1.59 bits per heavy atom. The highest BCUT2D eigenvalue weighted by molar-refractivity contribution is 5.76. The Balaban J connectivity index is 2.45. The number of imidazole rings is 1. The van der Waals surface area contributed by atoms with Gasteiger partial charge in [-0.3, -0.25) is 4.79 Å². The zero-order chi connectivity index (χ0) is 12.8. The topological polar surface area (TPSA) is 72.9 Å². The van der Waals surface area contributed by atoms with Gasteiger partial charge in [0.1, 0.15) is 0 Å². The van der Waals surface area contributed by atoms with E-state index >= 15 is 0 Å². The van der Waals surface area contributed by atoms with Gasteiger partial charge in [0.05, 0.1) is 12.0 Å². The molecule has 0 fully saturated rings. The van der Waals surface area contributed by atoms with E-state index in [2.05, 4.69) is 17.2 Å². The Hall–Kier alpha value is -1.36. The van der Waals surface area contributed by atoms with Crippen molar-refractivity contribution in [3.05, 3.63) is 18.2 Å². The monoisotopic (exact) mass is 238 g/mol. The first-order chi connectivity index (χ1) is 8.04. The smallest absolute Gasteiger partial charge is 0.221 e. The average Bonchev–Trinajstić information content (AvgIpc) is 2.74. The molecule has 0 radical (unpaired) electrons. The minimum atomic E-state index is -0.0601. The third kappa shape index (κ3) is 4.19. The first kappa shape index (κ1) is 13.7. The molecule has 3 N–H and O–H groups in total. The third-order valence-electron chi connectivity index (χ3n) is 2.81. The quantitative estimate of drug-likeness (QED) is 0.782. The molecule has 96 valence electrons. The number of nitrogens with zero attached hydrogens (tertiary/aromatic N) is 2. The fourth-order valence-corrected chi connectivity index (χ4v) is 1.57. The third-order valence-corrected chi connectivity index (χ3v) is 2.81. The largest absolute Gasteiger partial charge is 0.354 e. The second-order valence-electron chi connectivity index (χ2n) is 4.43. The van der Waals surface area contributed by atoms with Crippen molar-refractivity contribution in [2.45, 2.75) is 52.2 Å². The second kappa shape index (κ2) is 6.39. The lowest BCUT2D eigenvalue weighted by Gasteiger charge is -2.13. The maximum absolute atomic E-state index is 11.6. The number of nitrogens with two attached hydrogens (primary N) is 1. The van der Waals surface area contributed by atoms with E-state index in [1.54, 1.807) is 12.5 Å². The van der Waals surface area contributed by atoms with Crippen molar-refractivity contribution in [1.82, 2.24) is 14.9 Å². The molecule has 0 bridgehead atoms. The Morgan fingerprint density at radius 3 is 2.88 bits per heavy atom. The molecule has 0 saturated heterocycles. The number of hydrogen-bond donors (Lipinski definition) is 2. The van der Waals surface area contributed by atoms with Gasteiger partial charge < -0.3 is 15.6 Å². The summed E-state index contributed by atoms with van der Waals surface area (Å²) in [7, 11) is 0. The fraction of sp³-hybridized carbons (Fsp3) is 0.667. The molecule has 0 aliphatic rings. The highest BCUT2D eigenvalue weighted by Crippen LogP contribution is 2.09. The second-order valence-corrected chi connectivity index (χ2v) is 4.43. The molecule has 0 aliphatic heterocycles. The van der Waals surface area contributed by atoms with Gasteiger partial charge in [0.15, 0.2) is 0 Å². The van der Waals surface area contributed by atoms with Crippen molar-refractivity contribution in [3.63, 3.8) is 0 Å². The van der Waals surface area contributed by atoms with Gasteiger partial charge in [-0.1, -0.05) is 6.92 Å². The molecule has 1 aromatic rings. The number of hydrogen-bond acceptors (Lipinski definition) is 3. The van der Waals surface area contributed by atoms with Crippen LogP contribution >= 0.6 is 0 Å². The summed E-state index contributed by atoms with van der Waals surface area (Å²) in [5.74, 6) is 0.0728. The predicted molar refractivity (Wildman–Crippen MR) is 67.3 cm³/mol. The van der Waals surface area contributed by atoms with Crippen molar-refractivity contribution in [1.29, 1.82) is 0 Å². The molecule has 1 unspecified atom stereocenters. The van der Waals surface area contributed by atoms with Crippen LogP contribution in [0.4, 0.5) is 0 Å². The summed E-state index contributed by atoms with van der Waals surface area (Å²) in [6, 6.07) is 0.174. The zero-order valence-electron chi connectivity index (χ0n) is 10.8. The van der Waals surface area contributed by atoms with Gasteiger partial charge >= 0.3 is 0 Å². The number of amides is 1. The van der Waals surface area contributed by atoms with Crippen LogP contribution in [0.2, 0.25) is 0 Å². The highest BCUT2D eigenvalue weighted by atomic mass is 16.1. The zero-order valence-corrected chi connectivity index (χ0v) is 10.8. The Morgan fingerprint density at radius 2 is 2.29 bits per heavy atom. The van der Waals surface area contributed by atoms with E-state index in [-0.39, 0.29) is 18.0 Å².